The van der Waals surface area contributed by atoms with E-state index in [1.807, 2.05) is 0 Å². The Balaban J connectivity index is 1.92. The summed E-state index contributed by atoms with van der Waals surface area (Å²) < 4.78 is 43.1. The highest BCUT2D eigenvalue weighted by Crippen LogP contribution is 2.38. The number of fused-ring (bicyclic) bond motifs is 1. The fourth-order valence-electron chi connectivity index (χ4n) is 2.31. The van der Waals surface area contributed by atoms with Crippen molar-refractivity contribution in [3.05, 3.63) is 45.9 Å². The van der Waals surface area contributed by atoms with Gasteiger partial charge < -0.3 is 4.74 Å². The van der Waals surface area contributed by atoms with Crippen LogP contribution in [0.15, 0.2) is 30.5 Å². The number of ketones is 1. The predicted octanol–water partition coefficient (Wildman–Crippen LogP) is 3.91. The van der Waals surface area contributed by atoms with Crippen LogP contribution in [0.25, 0.3) is 0 Å². The molecule has 2 heterocycles. The summed E-state index contributed by atoms with van der Waals surface area (Å²) in [7, 11) is 0. The largest absolute Gasteiger partial charge is 0.493 e. The SMILES string of the molecule is O=C(c1cnc(C(F)(F)F)s1)C1CCOc2ccccc21. The van der Waals surface area contributed by atoms with Crippen molar-refractivity contribution in [2.75, 3.05) is 6.61 Å². The lowest BCUT2D eigenvalue weighted by Gasteiger charge is -2.24. The van der Waals surface area contributed by atoms with Crippen molar-refractivity contribution in [1.29, 1.82) is 0 Å². The maximum Gasteiger partial charge on any atom is 0.443 e. The lowest BCUT2D eigenvalue weighted by Crippen LogP contribution is -2.20. The Morgan fingerprint density at radius 1 is 1.33 bits per heavy atom. The Labute approximate surface area is 122 Å². The first-order valence-electron chi connectivity index (χ1n) is 6.26. The van der Waals surface area contributed by atoms with Crippen LogP contribution in [0.5, 0.6) is 5.75 Å². The van der Waals surface area contributed by atoms with E-state index in [0.29, 0.717) is 30.1 Å². The summed E-state index contributed by atoms with van der Waals surface area (Å²) in [6, 6.07) is 7.09. The lowest BCUT2D eigenvalue weighted by atomic mass is 9.89. The van der Waals surface area contributed by atoms with Crippen molar-refractivity contribution >= 4 is 17.1 Å². The fourth-order valence-corrected chi connectivity index (χ4v) is 3.08. The van der Waals surface area contributed by atoms with Gasteiger partial charge in [0.15, 0.2) is 10.8 Å². The summed E-state index contributed by atoms with van der Waals surface area (Å²) in [5, 5.41) is -0.994. The fraction of sp³-hybridized carbons (Fsp3) is 0.286. The monoisotopic (exact) mass is 313 g/mol. The summed E-state index contributed by atoms with van der Waals surface area (Å²) in [4.78, 5) is 15.8. The quantitative estimate of drug-likeness (QED) is 0.789. The van der Waals surface area contributed by atoms with Gasteiger partial charge in [-0.15, -0.1) is 11.3 Å². The molecule has 0 amide bonds. The number of halogens is 3. The highest BCUT2D eigenvalue weighted by molar-refractivity contribution is 7.13. The van der Waals surface area contributed by atoms with Gasteiger partial charge in [-0.1, -0.05) is 18.2 Å². The van der Waals surface area contributed by atoms with E-state index in [1.165, 1.54) is 0 Å². The molecule has 0 N–H and O–H groups in total. The van der Waals surface area contributed by atoms with Crippen LogP contribution in [-0.4, -0.2) is 17.4 Å². The Hall–Kier alpha value is -1.89. The van der Waals surface area contributed by atoms with Gasteiger partial charge >= 0.3 is 6.18 Å². The zero-order valence-corrected chi connectivity index (χ0v) is 11.5. The zero-order valence-electron chi connectivity index (χ0n) is 10.7. The van der Waals surface area contributed by atoms with E-state index in [-0.39, 0.29) is 10.7 Å². The molecule has 1 aromatic heterocycles. The minimum atomic E-state index is -4.52. The Morgan fingerprint density at radius 2 is 2.10 bits per heavy atom. The molecule has 0 spiro atoms. The van der Waals surface area contributed by atoms with Gasteiger partial charge in [-0.25, -0.2) is 4.98 Å². The maximum atomic E-state index is 12.6. The number of carbonyl (C=O) groups excluding carboxylic acids is 1. The molecule has 3 rings (SSSR count). The van der Waals surface area contributed by atoms with Crippen molar-refractivity contribution in [1.82, 2.24) is 4.98 Å². The van der Waals surface area contributed by atoms with Crippen LogP contribution in [0.1, 0.15) is 32.6 Å². The van der Waals surface area contributed by atoms with Gasteiger partial charge in [-0.3, -0.25) is 4.79 Å². The molecule has 0 saturated carbocycles. The zero-order chi connectivity index (χ0) is 15.0. The van der Waals surface area contributed by atoms with Gasteiger partial charge in [-0.05, 0) is 12.5 Å². The molecule has 0 aliphatic carbocycles. The lowest BCUT2D eigenvalue weighted by molar-refractivity contribution is -0.137. The molecule has 7 heteroatoms. The average molecular weight is 313 g/mol. The van der Waals surface area contributed by atoms with Crippen molar-refractivity contribution in [3.8, 4) is 5.75 Å². The number of ether oxygens (including phenoxy) is 1. The maximum absolute atomic E-state index is 12.6. The number of aromatic nitrogens is 1. The van der Waals surface area contributed by atoms with Crippen LogP contribution < -0.4 is 4.74 Å². The van der Waals surface area contributed by atoms with E-state index >= 15 is 0 Å². The van der Waals surface area contributed by atoms with Gasteiger partial charge in [0.05, 0.1) is 17.4 Å². The van der Waals surface area contributed by atoms with E-state index in [9.17, 15) is 18.0 Å². The number of nitrogens with zero attached hydrogens (tertiary/aromatic N) is 1. The van der Waals surface area contributed by atoms with Crippen LogP contribution in [0.3, 0.4) is 0 Å². The van der Waals surface area contributed by atoms with Gasteiger partial charge in [0, 0.05) is 11.8 Å². The Bertz CT molecular complexity index is 681. The van der Waals surface area contributed by atoms with Crippen LogP contribution in [0.4, 0.5) is 13.2 Å². The third-order valence-corrected chi connectivity index (χ3v) is 4.32. The molecule has 0 saturated heterocycles. The molecule has 1 aliphatic heterocycles. The van der Waals surface area contributed by atoms with E-state index in [2.05, 4.69) is 4.98 Å². The highest BCUT2D eigenvalue weighted by Gasteiger charge is 2.36. The molecular weight excluding hydrogens is 303 g/mol. The van der Waals surface area contributed by atoms with Gasteiger partial charge in [0.25, 0.3) is 0 Å². The Morgan fingerprint density at radius 3 is 2.81 bits per heavy atom. The number of carbonyl (C=O) groups is 1. The molecule has 1 aliphatic rings. The highest BCUT2D eigenvalue weighted by atomic mass is 32.1. The molecule has 1 atom stereocenters. The number of alkyl halides is 3. The summed E-state index contributed by atoms with van der Waals surface area (Å²) in [5.74, 6) is -0.196. The van der Waals surface area contributed by atoms with Crippen molar-refractivity contribution < 1.29 is 22.7 Å². The standard InChI is InChI=1S/C14H10F3NO2S/c15-14(16,17)13-18-7-11(21-13)12(19)9-5-6-20-10-4-2-1-3-8(9)10/h1-4,7,9H,5-6H2. The summed E-state index contributed by atoms with van der Waals surface area (Å²) in [5.41, 5.74) is 0.718. The molecule has 1 unspecified atom stereocenters. The number of rotatable bonds is 2. The second-order valence-corrected chi connectivity index (χ2v) is 5.65. The smallest absolute Gasteiger partial charge is 0.443 e. The van der Waals surface area contributed by atoms with Crippen LogP contribution in [-0.2, 0) is 6.18 Å². The molecule has 2 aromatic rings. The number of benzene rings is 1. The number of thiazole rings is 1. The van der Waals surface area contributed by atoms with E-state index < -0.39 is 17.1 Å². The molecular formula is C14H10F3NO2S. The van der Waals surface area contributed by atoms with Crippen LogP contribution >= 0.6 is 11.3 Å². The van der Waals surface area contributed by atoms with Crippen molar-refractivity contribution in [2.45, 2.75) is 18.5 Å². The Kier molecular flexibility index (Phi) is 3.44. The molecule has 1 aromatic carbocycles. The third-order valence-electron chi connectivity index (χ3n) is 3.27. The molecule has 21 heavy (non-hydrogen) atoms. The summed E-state index contributed by atoms with van der Waals surface area (Å²) in [6.07, 6.45) is -3.06. The van der Waals surface area contributed by atoms with Crippen LogP contribution in [0.2, 0.25) is 0 Å². The molecule has 0 fully saturated rings. The minimum absolute atomic E-state index is 0.0315. The number of hydrogen-bond acceptors (Lipinski definition) is 4. The number of para-hydroxylation sites is 1. The first-order valence-corrected chi connectivity index (χ1v) is 7.07. The summed E-state index contributed by atoms with van der Waals surface area (Å²) in [6.45, 7) is 0.373. The van der Waals surface area contributed by atoms with E-state index in [1.54, 1.807) is 24.3 Å². The summed E-state index contributed by atoms with van der Waals surface area (Å²) >= 11 is 0.390. The predicted molar refractivity (Wildman–Crippen MR) is 70.7 cm³/mol. The second-order valence-electron chi connectivity index (χ2n) is 4.62. The van der Waals surface area contributed by atoms with Crippen LogP contribution in [0, 0.1) is 0 Å². The normalized spacial score (nSPS) is 18.0. The van der Waals surface area contributed by atoms with E-state index in [0.717, 1.165) is 11.8 Å². The number of hydrogen-bond donors (Lipinski definition) is 0. The second kappa shape index (κ2) is 5.14. The van der Waals surface area contributed by atoms with E-state index in [4.69, 9.17) is 4.74 Å². The molecule has 0 radical (unpaired) electrons. The van der Waals surface area contributed by atoms with Crippen molar-refractivity contribution in [3.63, 3.8) is 0 Å². The van der Waals surface area contributed by atoms with Gasteiger partial charge in [-0.2, -0.15) is 13.2 Å². The molecule has 0 bridgehead atoms. The molecule has 110 valence electrons. The number of Topliss-reactive ketones (excluding diaryl/α,β-unsaturated/α-hetero) is 1. The van der Waals surface area contributed by atoms with Crippen molar-refractivity contribution in [2.24, 2.45) is 0 Å². The minimum Gasteiger partial charge on any atom is -0.493 e. The molecule has 3 nitrogen and oxygen atoms in total. The topological polar surface area (TPSA) is 39.2 Å². The first kappa shape index (κ1) is 14.1. The van der Waals surface area contributed by atoms with Gasteiger partial charge in [0.2, 0.25) is 0 Å². The average Bonchev–Trinajstić information content (AvgIpc) is 2.96. The van der Waals surface area contributed by atoms with Gasteiger partial charge in [0.1, 0.15) is 5.75 Å². The third kappa shape index (κ3) is 2.65. The first-order chi connectivity index (χ1) is 9.97.